The molecule has 0 bridgehead atoms. The van der Waals surface area contributed by atoms with Crippen molar-refractivity contribution >= 4 is 43.5 Å². The van der Waals surface area contributed by atoms with Gasteiger partial charge in [0, 0.05) is 23.5 Å². The Labute approximate surface area is 287 Å². The van der Waals surface area contributed by atoms with Gasteiger partial charge in [0.1, 0.15) is 12.6 Å². The van der Waals surface area contributed by atoms with Gasteiger partial charge in [0.05, 0.1) is 10.6 Å². The first-order valence-corrected chi connectivity index (χ1v) is 18.4. The highest BCUT2D eigenvalue weighted by molar-refractivity contribution is 9.10. The van der Waals surface area contributed by atoms with Crippen LogP contribution in [0.25, 0.3) is 0 Å². The molecule has 4 aromatic carbocycles. The van der Waals surface area contributed by atoms with Crippen LogP contribution in [0.2, 0.25) is 0 Å². The van der Waals surface area contributed by atoms with Crippen molar-refractivity contribution in [2.45, 2.75) is 75.9 Å². The van der Waals surface area contributed by atoms with Crippen molar-refractivity contribution in [1.82, 2.24) is 10.2 Å². The molecular formula is C38H42BrN3O4S. The Hall–Kier alpha value is -3.95. The fraction of sp³-hybridized carbons (Fsp3) is 0.316. The van der Waals surface area contributed by atoms with E-state index in [9.17, 15) is 18.0 Å². The first-order valence-electron chi connectivity index (χ1n) is 16.1. The Bertz CT molecular complexity index is 1760. The molecule has 1 atom stereocenters. The molecule has 4 aromatic rings. The largest absolute Gasteiger partial charge is 0.352 e. The van der Waals surface area contributed by atoms with E-state index < -0.39 is 28.5 Å². The molecule has 1 N–H and O–H groups in total. The topological polar surface area (TPSA) is 86.8 Å². The lowest BCUT2D eigenvalue weighted by atomic mass is 9.94. The lowest BCUT2D eigenvalue weighted by Gasteiger charge is -2.35. The number of nitrogens with zero attached hydrogens (tertiary/aromatic N) is 2. The van der Waals surface area contributed by atoms with Crippen LogP contribution < -0.4 is 9.62 Å². The van der Waals surface area contributed by atoms with E-state index in [1.54, 1.807) is 53.4 Å². The van der Waals surface area contributed by atoms with Crippen LogP contribution >= 0.6 is 15.9 Å². The van der Waals surface area contributed by atoms with Crippen LogP contribution in [0.3, 0.4) is 0 Å². The van der Waals surface area contributed by atoms with Crippen molar-refractivity contribution in [2.75, 3.05) is 10.8 Å². The second kappa shape index (κ2) is 15.8. The maximum absolute atomic E-state index is 14.7. The quantitative estimate of drug-likeness (QED) is 0.166. The number of hydrogen-bond donors (Lipinski definition) is 1. The molecule has 0 heterocycles. The molecule has 2 amide bonds. The summed E-state index contributed by atoms with van der Waals surface area (Å²) in [5.74, 6) is -0.689. The van der Waals surface area contributed by atoms with E-state index >= 15 is 0 Å². The predicted octanol–water partition coefficient (Wildman–Crippen LogP) is 7.35. The van der Waals surface area contributed by atoms with Gasteiger partial charge in [-0.15, -0.1) is 0 Å². The van der Waals surface area contributed by atoms with Gasteiger partial charge in [-0.1, -0.05) is 107 Å². The van der Waals surface area contributed by atoms with Crippen LogP contribution in [0.1, 0.15) is 54.4 Å². The van der Waals surface area contributed by atoms with Gasteiger partial charge in [0.15, 0.2) is 0 Å². The molecule has 47 heavy (non-hydrogen) atoms. The number of carbonyl (C=O) groups is 2. The molecule has 1 saturated carbocycles. The molecule has 246 valence electrons. The van der Waals surface area contributed by atoms with Crippen LogP contribution in [-0.2, 0) is 32.6 Å². The van der Waals surface area contributed by atoms with Crippen LogP contribution in [0.5, 0.6) is 0 Å². The number of anilines is 1. The van der Waals surface area contributed by atoms with Gasteiger partial charge in [0.25, 0.3) is 10.0 Å². The number of halogens is 1. The summed E-state index contributed by atoms with van der Waals surface area (Å²) in [5, 5.41) is 3.26. The molecular weight excluding hydrogens is 674 g/mol. The van der Waals surface area contributed by atoms with E-state index in [2.05, 4.69) is 21.2 Å². The van der Waals surface area contributed by atoms with Crippen molar-refractivity contribution in [3.8, 4) is 0 Å². The number of carbonyl (C=O) groups excluding carboxylic acids is 2. The summed E-state index contributed by atoms with van der Waals surface area (Å²) in [6.07, 6.45) is 5.36. The molecule has 1 aliphatic carbocycles. The Kier molecular flexibility index (Phi) is 11.5. The number of sulfonamides is 1. The Morgan fingerprint density at radius 2 is 1.47 bits per heavy atom. The lowest BCUT2D eigenvalue weighted by molar-refractivity contribution is -0.140. The van der Waals surface area contributed by atoms with Gasteiger partial charge < -0.3 is 10.2 Å². The minimum absolute atomic E-state index is 0.0473. The SMILES string of the molecule is Cc1ccc(S(=O)(=O)N(CC(=O)N(Cc2ccccc2C)C(Cc2ccccc2)C(=O)NC2CCCCC2)c2ccc(Br)cc2)cc1. The summed E-state index contributed by atoms with van der Waals surface area (Å²) in [5.41, 5.74) is 4.06. The van der Waals surface area contributed by atoms with Gasteiger partial charge in [-0.25, -0.2) is 8.42 Å². The maximum atomic E-state index is 14.7. The number of nitrogens with one attached hydrogen (secondary N) is 1. The van der Waals surface area contributed by atoms with E-state index in [-0.39, 0.29) is 23.4 Å². The van der Waals surface area contributed by atoms with E-state index in [1.165, 1.54) is 0 Å². The van der Waals surface area contributed by atoms with E-state index in [1.807, 2.05) is 68.4 Å². The average Bonchev–Trinajstić information content (AvgIpc) is 3.07. The zero-order valence-electron chi connectivity index (χ0n) is 26.9. The third kappa shape index (κ3) is 8.90. The minimum atomic E-state index is -4.15. The van der Waals surface area contributed by atoms with Crippen LogP contribution in [-0.4, -0.2) is 43.8 Å². The maximum Gasteiger partial charge on any atom is 0.264 e. The summed E-state index contributed by atoms with van der Waals surface area (Å²) in [7, 11) is -4.15. The highest BCUT2D eigenvalue weighted by atomic mass is 79.9. The lowest BCUT2D eigenvalue weighted by Crippen LogP contribution is -2.55. The summed E-state index contributed by atoms with van der Waals surface area (Å²) in [4.78, 5) is 30.6. The van der Waals surface area contributed by atoms with Crippen molar-refractivity contribution in [1.29, 1.82) is 0 Å². The normalized spacial score (nSPS) is 14.3. The zero-order valence-corrected chi connectivity index (χ0v) is 29.3. The van der Waals surface area contributed by atoms with Gasteiger partial charge >= 0.3 is 0 Å². The van der Waals surface area contributed by atoms with Gasteiger partial charge in [-0.2, -0.15) is 0 Å². The summed E-state index contributed by atoms with van der Waals surface area (Å²) < 4.78 is 30.4. The smallest absolute Gasteiger partial charge is 0.264 e. The Morgan fingerprint density at radius 1 is 0.830 bits per heavy atom. The first kappa shape index (κ1) is 34.4. The standard InChI is InChI=1S/C38H42BrN3O4S/c1-28-17-23-35(24-18-28)47(45,46)42(34-21-19-32(39)20-22-34)27-37(43)41(26-31-14-10-9-11-29(31)2)36(25-30-12-5-3-6-13-30)38(44)40-33-15-7-4-8-16-33/h3,5-6,9-14,17-24,33,36H,4,7-8,15-16,25-27H2,1-2H3,(H,40,44). The molecule has 0 saturated heterocycles. The zero-order chi connectivity index (χ0) is 33.4. The fourth-order valence-corrected chi connectivity index (χ4v) is 7.72. The summed E-state index contributed by atoms with van der Waals surface area (Å²) in [6, 6.07) is 30.1. The highest BCUT2D eigenvalue weighted by Gasteiger charge is 2.35. The number of hydrogen-bond acceptors (Lipinski definition) is 4. The molecule has 1 unspecified atom stereocenters. The van der Waals surface area contributed by atoms with Crippen LogP contribution in [0.15, 0.2) is 112 Å². The van der Waals surface area contributed by atoms with Crippen molar-refractivity contribution in [2.24, 2.45) is 0 Å². The van der Waals surface area contributed by atoms with Crippen molar-refractivity contribution in [3.63, 3.8) is 0 Å². The summed E-state index contributed by atoms with van der Waals surface area (Å²) in [6.45, 7) is 3.54. The molecule has 5 rings (SSSR count). The molecule has 0 spiro atoms. The molecule has 1 aliphatic rings. The molecule has 7 nitrogen and oxygen atoms in total. The fourth-order valence-electron chi connectivity index (χ4n) is 6.04. The molecule has 9 heteroatoms. The summed E-state index contributed by atoms with van der Waals surface area (Å²) >= 11 is 3.44. The average molecular weight is 717 g/mol. The number of aryl methyl sites for hydroxylation is 2. The first-order chi connectivity index (χ1) is 22.6. The molecule has 0 radical (unpaired) electrons. The molecule has 0 aliphatic heterocycles. The van der Waals surface area contributed by atoms with Gasteiger partial charge in [-0.05, 0) is 79.8 Å². The van der Waals surface area contributed by atoms with E-state index in [0.29, 0.717) is 12.1 Å². The molecule has 1 fully saturated rings. The van der Waals surface area contributed by atoms with Crippen LogP contribution in [0.4, 0.5) is 5.69 Å². The van der Waals surface area contributed by atoms with E-state index in [0.717, 1.165) is 63.1 Å². The minimum Gasteiger partial charge on any atom is -0.352 e. The third-order valence-electron chi connectivity index (χ3n) is 8.83. The van der Waals surface area contributed by atoms with Gasteiger partial charge in [0.2, 0.25) is 11.8 Å². The van der Waals surface area contributed by atoms with Crippen molar-refractivity contribution in [3.05, 3.63) is 130 Å². The highest BCUT2D eigenvalue weighted by Crippen LogP contribution is 2.27. The number of rotatable bonds is 12. The predicted molar refractivity (Wildman–Crippen MR) is 191 cm³/mol. The Balaban J connectivity index is 1.56. The van der Waals surface area contributed by atoms with Crippen molar-refractivity contribution < 1.29 is 18.0 Å². The third-order valence-corrected chi connectivity index (χ3v) is 11.1. The molecule has 0 aromatic heterocycles. The van der Waals surface area contributed by atoms with Gasteiger partial charge in [-0.3, -0.25) is 13.9 Å². The second-order valence-corrected chi connectivity index (χ2v) is 15.1. The number of benzene rings is 4. The second-order valence-electron chi connectivity index (χ2n) is 12.3. The van der Waals surface area contributed by atoms with Crippen LogP contribution in [0, 0.1) is 13.8 Å². The monoisotopic (exact) mass is 715 g/mol. The van der Waals surface area contributed by atoms with E-state index in [4.69, 9.17) is 0 Å². The number of amides is 2. The Morgan fingerprint density at radius 3 is 2.13 bits per heavy atom.